The summed E-state index contributed by atoms with van der Waals surface area (Å²) in [5.74, 6) is 0.897. The molecule has 0 bridgehead atoms. The molecule has 2 aliphatic heterocycles. The number of piperidine rings is 1. The number of nitrogens with one attached hydrogen (secondary N) is 1. The second-order valence-corrected chi connectivity index (χ2v) is 10.4. The van der Waals surface area contributed by atoms with Gasteiger partial charge in [-0.1, -0.05) is 12.5 Å². The van der Waals surface area contributed by atoms with Crippen LogP contribution in [0.25, 0.3) is 0 Å². The van der Waals surface area contributed by atoms with Crippen molar-refractivity contribution < 1.29 is 22.7 Å². The zero-order valence-corrected chi connectivity index (χ0v) is 20.0. The molecule has 0 saturated carbocycles. The van der Waals surface area contributed by atoms with Crippen LogP contribution in [-0.2, 0) is 27.8 Å². The first-order chi connectivity index (χ1) is 15.9. The third-order valence-corrected chi connectivity index (χ3v) is 8.17. The van der Waals surface area contributed by atoms with Gasteiger partial charge in [-0.2, -0.15) is 4.31 Å². The van der Waals surface area contributed by atoms with Gasteiger partial charge in [0.25, 0.3) is 0 Å². The van der Waals surface area contributed by atoms with Crippen LogP contribution in [0.5, 0.6) is 11.5 Å². The number of anilines is 1. The summed E-state index contributed by atoms with van der Waals surface area (Å²) in [6.45, 7) is 2.67. The molecule has 0 aromatic heterocycles. The molecule has 1 amide bonds. The van der Waals surface area contributed by atoms with Gasteiger partial charge in [0.05, 0.1) is 20.8 Å². The van der Waals surface area contributed by atoms with E-state index in [0.29, 0.717) is 25.3 Å². The highest BCUT2D eigenvalue weighted by Crippen LogP contribution is 2.31. The Balaban J connectivity index is 1.45. The normalized spacial score (nSPS) is 17.3. The summed E-state index contributed by atoms with van der Waals surface area (Å²) in [6, 6.07) is 10.8. The SMILES string of the molecule is COc1ccc2c(c1)CN(CC(=O)Nc1ccc(OC)c(S(=O)(=O)N3CCCCC3)c1)CC2. The van der Waals surface area contributed by atoms with Gasteiger partial charge in [-0.3, -0.25) is 9.69 Å². The molecular weight excluding hydrogens is 442 g/mol. The molecule has 0 atom stereocenters. The third kappa shape index (κ3) is 5.31. The Kier molecular flexibility index (Phi) is 7.21. The summed E-state index contributed by atoms with van der Waals surface area (Å²) >= 11 is 0. The molecule has 8 nitrogen and oxygen atoms in total. The van der Waals surface area contributed by atoms with Gasteiger partial charge in [-0.25, -0.2) is 8.42 Å². The van der Waals surface area contributed by atoms with Crippen molar-refractivity contribution in [2.45, 2.75) is 37.1 Å². The first kappa shape index (κ1) is 23.5. The van der Waals surface area contributed by atoms with E-state index >= 15 is 0 Å². The fraction of sp³-hybridized carbons (Fsp3) is 0.458. The van der Waals surface area contributed by atoms with Gasteiger partial charge in [0.2, 0.25) is 15.9 Å². The zero-order chi connectivity index (χ0) is 23.4. The highest BCUT2D eigenvalue weighted by atomic mass is 32.2. The Hall–Kier alpha value is -2.62. The average Bonchev–Trinajstić information content (AvgIpc) is 2.84. The van der Waals surface area contributed by atoms with E-state index in [1.54, 1.807) is 19.2 Å². The molecular formula is C24H31N3O5S. The van der Waals surface area contributed by atoms with Crippen LogP contribution >= 0.6 is 0 Å². The van der Waals surface area contributed by atoms with Crippen molar-refractivity contribution >= 4 is 21.6 Å². The summed E-state index contributed by atoms with van der Waals surface area (Å²) in [4.78, 5) is 14.9. The number of ether oxygens (including phenoxy) is 2. The van der Waals surface area contributed by atoms with Crippen LogP contribution in [0.3, 0.4) is 0 Å². The van der Waals surface area contributed by atoms with Gasteiger partial charge in [0, 0.05) is 31.9 Å². The molecule has 9 heteroatoms. The Morgan fingerprint density at radius 2 is 1.76 bits per heavy atom. The van der Waals surface area contributed by atoms with Crippen molar-refractivity contribution in [3.63, 3.8) is 0 Å². The first-order valence-corrected chi connectivity index (χ1v) is 12.7. The smallest absolute Gasteiger partial charge is 0.246 e. The van der Waals surface area contributed by atoms with Crippen LogP contribution in [0.1, 0.15) is 30.4 Å². The molecule has 1 saturated heterocycles. The van der Waals surface area contributed by atoms with E-state index in [1.807, 2.05) is 12.1 Å². The molecule has 33 heavy (non-hydrogen) atoms. The maximum atomic E-state index is 13.2. The Morgan fingerprint density at radius 1 is 0.970 bits per heavy atom. The monoisotopic (exact) mass is 473 g/mol. The fourth-order valence-corrected chi connectivity index (χ4v) is 6.16. The lowest BCUT2D eigenvalue weighted by Crippen LogP contribution is -2.37. The van der Waals surface area contributed by atoms with Gasteiger partial charge in [-0.05, 0) is 60.7 Å². The molecule has 0 aliphatic carbocycles. The molecule has 2 heterocycles. The number of nitrogens with zero attached hydrogens (tertiary/aromatic N) is 2. The predicted molar refractivity (Wildman–Crippen MR) is 126 cm³/mol. The minimum Gasteiger partial charge on any atom is -0.497 e. The van der Waals surface area contributed by atoms with Gasteiger partial charge < -0.3 is 14.8 Å². The lowest BCUT2D eigenvalue weighted by molar-refractivity contribution is -0.117. The minimum atomic E-state index is -3.70. The lowest BCUT2D eigenvalue weighted by Gasteiger charge is -2.28. The Bertz CT molecular complexity index is 1110. The van der Waals surface area contributed by atoms with Gasteiger partial charge in [-0.15, -0.1) is 0 Å². The van der Waals surface area contributed by atoms with Crippen molar-refractivity contribution in [1.29, 1.82) is 0 Å². The van der Waals surface area contributed by atoms with Crippen molar-refractivity contribution in [1.82, 2.24) is 9.21 Å². The van der Waals surface area contributed by atoms with E-state index in [9.17, 15) is 13.2 Å². The van der Waals surface area contributed by atoms with E-state index in [0.717, 1.165) is 43.5 Å². The standard InChI is InChI=1S/C24H31N3O5S/c1-31-21-8-6-18-10-13-26(16-19(18)14-21)17-24(28)25-20-7-9-22(32-2)23(15-20)33(29,30)27-11-4-3-5-12-27/h6-9,14-15H,3-5,10-13,16-17H2,1-2H3,(H,25,28). The number of sulfonamides is 1. The number of rotatable bonds is 7. The summed E-state index contributed by atoms with van der Waals surface area (Å²) in [6.07, 6.45) is 3.60. The average molecular weight is 474 g/mol. The van der Waals surface area contributed by atoms with Crippen molar-refractivity contribution in [3.8, 4) is 11.5 Å². The summed E-state index contributed by atoms with van der Waals surface area (Å²) in [5, 5.41) is 2.86. The topological polar surface area (TPSA) is 88.2 Å². The number of methoxy groups -OCH3 is 2. The van der Waals surface area contributed by atoms with Crippen molar-refractivity contribution in [2.75, 3.05) is 45.7 Å². The van der Waals surface area contributed by atoms with E-state index in [4.69, 9.17) is 9.47 Å². The lowest BCUT2D eigenvalue weighted by atomic mass is 9.99. The molecule has 178 valence electrons. The van der Waals surface area contributed by atoms with E-state index < -0.39 is 10.0 Å². The molecule has 4 rings (SSSR count). The van der Waals surface area contributed by atoms with Crippen LogP contribution in [0, 0.1) is 0 Å². The number of hydrogen-bond donors (Lipinski definition) is 1. The van der Waals surface area contributed by atoms with Crippen LogP contribution in [0.15, 0.2) is 41.3 Å². The molecule has 1 N–H and O–H groups in total. The van der Waals surface area contributed by atoms with Crippen molar-refractivity contribution in [2.24, 2.45) is 0 Å². The van der Waals surface area contributed by atoms with Crippen LogP contribution in [0.2, 0.25) is 0 Å². The highest BCUT2D eigenvalue weighted by Gasteiger charge is 2.29. The number of carbonyl (C=O) groups excluding carboxylic acids is 1. The van der Waals surface area contributed by atoms with Crippen molar-refractivity contribution in [3.05, 3.63) is 47.5 Å². The highest BCUT2D eigenvalue weighted by molar-refractivity contribution is 7.89. The quantitative estimate of drug-likeness (QED) is 0.665. The van der Waals surface area contributed by atoms with E-state index in [-0.39, 0.29) is 23.1 Å². The Labute approximate surface area is 195 Å². The van der Waals surface area contributed by atoms with Crippen LogP contribution < -0.4 is 14.8 Å². The summed E-state index contributed by atoms with van der Waals surface area (Å²) in [5.41, 5.74) is 2.87. The summed E-state index contributed by atoms with van der Waals surface area (Å²) < 4.78 is 38.5. The van der Waals surface area contributed by atoms with Gasteiger partial charge in [0.1, 0.15) is 16.4 Å². The second kappa shape index (κ2) is 10.1. The number of carbonyl (C=O) groups is 1. The molecule has 0 unspecified atom stereocenters. The fourth-order valence-electron chi connectivity index (χ4n) is 4.46. The molecule has 2 aromatic carbocycles. The summed E-state index contributed by atoms with van der Waals surface area (Å²) in [7, 11) is -0.602. The molecule has 2 aromatic rings. The zero-order valence-electron chi connectivity index (χ0n) is 19.2. The maximum Gasteiger partial charge on any atom is 0.246 e. The first-order valence-electron chi connectivity index (χ1n) is 11.3. The van der Waals surface area contributed by atoms with Crippen LogP contribution in [-0.4, -0.2) is 63.9 Å². The molecule has 0 spiro atoms. The second-order valence-electron chi connectivity index (χ2n) is 8.47. The maximum absolute atomic E-state index is 13.2. The van der Waals surface area contributed by atoms with E-state index in [2.05, 4.69) is 16.3 Å². The van der Waals surface area contributed by atoms with Gasteiger partial charge >= 0.3 is 0 Å². The van der Waals surface area contributed by atoms with E-state index in [1.165, 1.54) is 23.0 Å². The molecule has 2 aliphatic rings. The number of amides is 1. The third-order valence-electron chi connectivity index (χ3n) is 6.25. The minimum absolute atomic E-state index is 0.0868. The number of benzene rings is 2. The number of fused-ring (bicyclic) bond motifs is 1. The largest absolute Gasteiger partial charge is 0.497 e. The Morgan fingerprint density at radius 3 is 2.48 bits per heavy atom. The van der Waals surface area contributed by atoms with Gasteiger partial charge in [0.15, 0.2) is 0 Å². The number of hydrogen-bond acceptors (Lipinski definition) is 6. The molecule has 1 fully saturated rings. The predicted octanol–water partition coefficient (Wildman–Crippen LogP) is 2.88. The van der Waals surface area contributed by atoms with Crippen LogP contribution in [0.4, 0.5) is 5.69 Å². The molecule has 0 radical (unpaired) electrons.